The molecule has 0 aliphatic heterocycles. The van der Waals surface area contributed by atoms with Crippen molar-refractivity contribution in [3.05, 3.63) is 0 Å². The van der Waals surface area contributed by atoms with Gasteiger partial charge in [-0.2, -0.15) is 0 Å². The molecular weight excluding hydrogens is 322 g/mol. The van der Waals surface area contributed by atoms with Gasteiger partial charge in [0.15, 0.2) is 0 Å². The summed E-state index contributed by atoms with van der Waals surface area (Å²) in [6.07, 6.45) is 8.79. The molecule has 0 spiro atoms. The van der Waals surface area contributed by atoms with E-state index in [0.29, 0.717) is 19.5 Å². The molecule has 2 N–H and O–H groups in total. The van der Waals surface area contributed by atoms with Crippen LogP contribution < -0.4 is 0 Å². The van der Waals surface area contributed by atoms with Crippen LogP contribution in [0.4, 0.5) is 4.79 Å². The van der Waals surface area contributed by atoms with E-state index in [9.17, 15) is 9.59 Å². The predicted molar refractivity (Wildman–Crippen MR) is 98.7 cm³/mol. The molecule has 25 heavy (non-hydrogen) atoms. The molecule has 0 aromatic heterocycles. The van der Waals surface area contributed by atoms with Crippen molar-refractivity contribution in [1.82, 2.24) is 4.90 Å². The molecule has 0 aromatic carbocycles. The second-order valence-electron chi connectivity index (χ2n) is 7.52. The maximum Gasteiger partial charge on any atom is 0.410 e. The summed E-state index contributed by atoms with van der Waals surface area (Å²) < 4.78 is 5.41. The number of nitrogens with zero attached hydrogens (tertiary/aromatic N) is 1. The van der Waals surface area contributed by atoms with E-state index >= 15 is 0 Å². The zero-order chi connectivity index (χ0) is 19.1. The highest BCUT2D eigenvalue weighted by molar-refractivity contribution is 5.68. The van der Waals surface area contributed by atoms with Gasteiger partial charge in [-0.25, -0.2) is 4.79 Å². The van der Waals surface area contributed by atoms with E-state index in [0.717, 1.165) is 51.4 Å². The summed E-state index contributed by atoms with van der Waals surface area (Å²) >= 11 is 0. The highest BCUT2D eigenvalue weighted by Crippen LogP contribution is 2.13. The van der Waals surface area contributed by atoms with Crippen LogP contribution in [-0.4, -0.2) is 52.5 Å². The standard InChI is InChI=1S/C19H37NO5/c1-19(2,3)25-18(24)20(15-12-16-21)14-11-9-7-5-4-6-8-10-13-17(22)23/h21H,4-16H2,1-3H3,(H,22,23). The average Bonchev–Trinajstić information content (AvgIpc) is 2.49. The van der Waals surface area contributed by atoms with Gasteiger partial charge in [0.25, 0.3) is 0 Å². The summed E-state index contributed by atoms with van der Waals surface area (Å²) in [6, 6.07) is 0. The minimum Gasteiger partial charge on any atom is -0.481 e. The van der Waals surface area contributed by atoms with E-state index < -0.39 is 11.6 Å². The number of ether oxygens (including phenoxy) is 1. The number of aliphatic carboxylic acids is 1. The number of unbranched alkanes of at least 4 members (excludes halogenated alkanes) is 7. The van der Waals surface area contributed by atoms with Gasteiger partial charge in [0.1, 0.15) is 5.60 Å². The lowest BCUT2D eigenvalue weighted by Gasteiger charge is -2.27. The summed E-state index contributed by atoms with van der Waals surface area (Å²) in [5.74, 6) is -0.712. The molecule has 148 valence electrons. The van der Waals surface area contributed by atoms with Crippen molar-refractivity contribution in [2.24, 2.45) is 0 Å². The second-order valence-corrected chi connectivity index (χ2v) is 7.52. The third kappa shape index (κ3) is 15.9. The fourth-order valence-corrected chi connectivity index (χ4v) is 2.52. The predicted octanol–water partition coefficient (Wildman–Crippen LogP) is 4.20. The smallest absolute Gasteiger partial charge is 0.410 e. The van der Waals surface area contributed by atoms with Gasteiger partial charge in [-0.05, 0) is 40.0 Å². The number of aliphatic hydroxyl groups is 1. The first kappa shape index (κ1) is 23.7. The number of carboxylic acids is 1. The fraction of sp³-hybridized carbons (Fsp3) is 0.895. The molecule has 0 unspecified atom stereocenters. The minimum atomic E-state index is -0.712. The quantitative estimate of drug-likeness (QED) is 0.454. The topological polar surface area (TPSA) is 87.1 Å². The zero-order valence-electron chi connectivity index (χ0n) is 16.3. The Morgan fingerprint density at radius 3 is 1.80 bits per heavy atom. The lowest BCUT2D eigenvalue weighted by Crippen LogP contribution is -2.38. The Morgan fingerprint density at radius 1 is 0.840 bits per heavy atom. The molecule has 0 rings (SSSR count). The Kier molecular flexibility index (Phi) is 13.2. The molecule has 0 atom stereocenters. The van der Waals surface area contributed by atoms with E-state index in [1.807, 2.05) is 20.8 Å². The molecule has 0 saturated heterocycles. The normalized spacial score (nSPS) is 11.4. The third-order valence-electron chi connectivity index (χ3n) is 3.81. The number of hydrogen-bond donors (Lipinski definition) is 2. The minimum absolute atomic E-state index is 0.0706. The van der Waals surface area contributed by atoms with Gasteiger partial charge in [-0.15, -0.1) is 0 Å². The van der Waals surface area contributed by atoms with Gasteiger partial charge >= 0.3 is 12.1 Å². The van der Waals surface area contributed by atoms with E-state index in [1.165, 1.54) is 0 Å². The number of rotatable bonds is 14. The summed E-state index contributed by atoms with van der Waals surface area (Å²) in [5.41, 5.74) is -0.505. The van der Waals surface area contributed by atoms with Crippen molar-refractivity contribution < 1.29 is 24.5 Å². The molecule has 0 aromatic rings. The van der Waals surface area contributed by atoms with Gasteiger partial charge < -0.3 is 19.8 Å². The highest BCUT2D eigenvalue weighted by Gasteiger charge is 2.21. The highest BCUT2D eigenvalue weighted by atomic mass is 16.6. The van der Waals surface area contributed by atoms with Gasteiger partial charge in [-0.1, -0.05) is 38.5 Å². The van der Waals surface area contributed by atoms with Crippen molar-refractivity contribution in [3.63, 3.8) is 0 Å². The van der Waals surface area contributed by atoms with E-state index in [2.05, 4.69) is 0 Å². The molecular formula is C19H37NO5. The molecule has 0 saturated carbocycles. The molecule has 0 radical (unpaired) electrons. The Bertz CT molecular complexity index is 365. The van der Waals surface area contributed by atoms with Gasteiger partial charge in [0, 0.05) is 26.1 Å². The molecule has 0 heterocycles. The molecule has 0 aliphatic carbocycles. The van der Waals surface area contributed by atoms with Crippen molar-refractivity contribution in [2.75, 3.05) is 19.7 Å². The van der Waals surface area contributed by atoms with E-state index in [4.69, 9.17) is 14.9 Å². The number of amides is 1. The monoisotopic (exact) mass is 359 g/mol. The summed E-state index contributed by atoms with van der Waals surface area (Å²) in [6.45, 7) is 6.81. The molecule has 6 heteroatoms. The number of hydrogen-bond acceptors (Lipinski definition) is 4. The SMILES string of the molecule is CC(C)(C)OC(=O)N(CCCO)CCCCCCCCCCC(=O)O. The first-order chi connectivity index (χ1) is 11.8. The summed E-state index contributed by atoms with van der Waals surface area (Å²) in [4.78, 5) is 24.2. The molecule has 6 nitrogen and oxygen atoms in total. The Labute approximate surface area is 152 Å². The largest absolute Gasteiger partial charge is 0.481 e. The van der Waals surface area contributed by atoms with Crippen molar-refractivity contribution in [2.45, 2.75) is 90.6 Å². The summed E-state index contributed by atoms with van der Waals surface area (Å²) in [5, 5.41) is 17.5. The molecule has 0 aliphatic rings. The van der Waals surface area contributed by atoms with Crippen molar-refractivity contribution in [1.29, 1.82) is 0 Å². The van der Waals surface area contributed by atoms with Gasteiger partial charge in [0.05, 0.1) is 0 Å². The third-order valence-corrected chi connectivity index (χ3v) is 3.81. The number of carboxylic acid groups (broad SMARTS) is 1. The van der Waals surface area contributed by atoms with Crippen LogP contribution in [0.3, 0.4) is 0 Å². The van der Waals surface area contributed by atoms with Crippen LogP contribution in [0.5, 0.6) is 0 Å². The number of carbonyl (C=O) groups is 2. The number of carbonyl (C=O) groups excluding carboxylic acids is 1. The first-order valence-electron chi connectivity index (χ1n) is 9.57. The molecule has 0 bridgehead atoms. The maximum atomic E-state index is 12.2. The average molecular weight is 360 g/mol. The van der Waals surface area contributed by atoms with Crippen LogP contribution in [0.1, 0.15) is 85.0 Å². The fourth-order valence-electron chi connectivity index (χ4n) is 2.52. The van der Waals surface area contributed by atoms with Crippen LogP contribution in [0.25, 0.3) is 0 Å². The van der Waals surface area contributed by atoms with E-state index in [1.54, 1.807) is 4.90 Å². The lowest BCUT2D eigenvalue weighted by atomic mass is 10.1. The Balaban J connectivity index is 3.80. The van der Waals surface area contributed by atoms with Crippen LogP contribution in [0.15, 0.2) is 0 Å². The summed E-state index contributed by atoms with van der Waals surface area (Å²) in [7, 11) is 0. The number of aliphatic hydroxyl groups excluding tert-OH is 1. The molecule has 1 amide bonds. The lowest BCUT2D eigenvalue weighted by molar-refractivity contribution is -0.137. The maximum absolute atomic E-state index is 12.2. The van der Waals surface area contributed by atoms with Gasteiger partial charge in [0.2, 0.25) is 0 Å². The van der Waals surface area contributed by atoms with Crippen LogP contribution >= 0.6 is 0 Å². The zero-order valence-corrected chi connectivity index (χ0v) is 16.3. The first-order valence-corrected chi connectivity index (χ1v) is 9.57. The van der Waals surface area contributed by atoms with Crippen molar-refractivity contribution in [3.8, 4) is 0 Å². The van der Waals surface area contributed by atoms with Crippen LogP contribution in [0, 0.1) is 0 Å². The van der Waals surface area contributed by atoms with Crippen LogP contribution in [-0.2, 0) is 9.53 Å². The van der Waals surface area contributed by atoms with E-state index in [-0.39, 0.29) is 19.1 Å². The van der Waals surface area contributed by atoms with Crippen molar-refractivity contribution >= 4 is 12.1 Å². The second kappa shape index (κ2) is 13.9. The van der Waals surface area contributed by atoms with Gasteiger partial charge in [-0.3, -0.25) is 4.79 Å². The Hall–Kier alpha value is -1.30. The molecule has 0 fully saturated rings. The Morgan fingerprint density at radius 2 is 1.32 bits per heavy atom. The van der Waals surface area contributed by atoms with Crippen LogP contribution in [0.2, 0.25) is 0 Å².